The lowest BCUT2D eigenvalue weighted by atomic mass is 10.1. The summed E-state index contributed by atoms with van der Waals surface area (Å²) in [5, 5.41) is 3.88. The molecular weight excluding hydrogens is 299 g/mol. The second kappa shape index (κ2) is 6.39. The number of aromatic nitrogens is 2. The maximum Gasteiger partial charge on any atom is 0.340 e. The van der Waals surface area contributed by atoms with Crippen molar-refractivity contribution in [2.75, 3.05) is 0 Å². The largest absolute Gasteiger partial charge is 0.454 e. The Bertz CT molecular complexity index is 811. The van der Waals surface area contributed by atoms with Gasteiger partial charge >= 0.3 is 5.97 Å². The van der Waals surface area contributed by atoms with Crippen LogP contribution >= 0.6 is 0 Å². The van der Waals surface area contributed by atoms with E-state index in [4.69, 9.17) is 9.26 Å². The number of esters is 1. The van der Waals surface area contributed by atoms with E-state index in [1.54, 1.807) is 30.3 Å². The van der Waals surface area contributed by atoms with E-state index >= 15 is 0 Å². The topological polar surface area (TPSA) is 65.2 Å². The van der Waals surface area contributed by atoms with Crippen LogP contribution in [0.1, 0.15) is 21.8 Å². The van der Waals surface area contributed by atoms with Gasteiger partial charge in [0, 0.05) is 23.5 Å². The van der Waals surface area contributed by atoms with Crippen molar-refractivity contribution in [3.63, 3.8) is 0 Å². The molecule has 0 unspecified atom stereocenters. The Morgan fingerprint density at radius 2 is 2.00 bits per heavy atom. The van der Waals surface area contributed by atoms with E-state index in [9.17, 15) is 9.18 Å². The summed E-state index contributed by atoms with van der Waals surface area (Å²) >= 11 is 0. The lowest BCUT2D eigenvalue weighted by Crippen LogP contribution is -2.05. The fourth-order valence-electron chi connectivity index (χ4n) is 1.95. The molecule has 0 amide bonds. The first-order chi connectivity index (χ1) is 11.1. The number of ether oxygens (including phenoxy) is 1. The van der Waals surface area contributed by atoms with E-state index in [0.29, 0.717) is 17.0 Å². The van der Waals surface area contributed by atoms with Crippen LogP contribution in [0.25, 0.3) is 11.3 Å². The van der Waals surface area contributed by atoms with Gasteiger partial charge in [-0.25, -0.2) is 9.18 Å². The Morgan fingerprint density at radius 1 is 1.22 bits per heavy atom. The summed E-state index contributed by atoms with van der Waals surface area (Å²) in [4.78, 5) is 15.9. The van der Waals surface area contributed by atoms with Crippen molar-refractivity contribution in [2.24, 2.45) is 0 Å². The van der Waals surface area contributed by atoms with Crippen LogP contribution in [0.15, 0.2) is 53.2 Å². The average Bonchev–Trinajstić information content (AvgIpc) is 3.03. The maximum absolute atomic E-state index is 12.9. The molecule has 2 heterocycles. The Morgan fingerprint density at radius 3 is 2.70 bits per heavy atom. The summed E-state index contributed by atoms with van der Waals surface area (Å²) in [5.74, 6) is -0.409. The molecule has 0 aliphatic heterocycles. The lowest BCUT2D eigenvalue weighted by molar-refractivity contribution is 0.0437. The van der Waals surface area contributed by atoms with Crippen LogP contribution in [0.2, 0.25) is 0 Å². The molecular formula is C17H13FN2O3. The number of rotatable bonds is 4. The SMILES string of the molecule is Cc1ccc(C(=O)OCc2cc(-c3ccc(F)cc3)no2)cn1. The van der Waals surface area contributed by atoms with Crippen molar-refractivity contribution in [3.05, 3.63) is 71.5 Å². The Labute approximate surface area is 131 Å². The number of carbonyl (C=O) groups is 1. The first-order valence-electron chi connectivity index (χ1n) is 6.93. The second-order valence-corrected chi connectivity index (χ2v) is 4.95. The fourth-order valence-corrected chi connectivity index (χ4v) is 1.95. The van der Waals surface area contributed by atoms with E-state index in [-0.39, 0.29) is 12.4 Å². The van der Waals surface area contributed by atoms with Crippen LogP contribution in [-0.2, 0) is 11.3 Å². The van der Waals surface area contributed by atoms with Gasteiger partial charge in [-0.05, 0) is 43.3 Å². The van der Waals surface area contributed by atoms with Gasteiger partial charge in [-0.1, -0.05) is 5.16 Å². The van der Waals surface area contributed by atoms with Gasteiger partial charge in [-0.2, -0.15) is 0 Å². The zero-order valence-corrected chi connectivity index (χ0v) is 12.3. The molecule has 3 aromatic rings. The molecule has 0 bridgehead atoms. The zero-order chi connectivity index (χ0) is 16.2. The van der Waals surface area contributed by atoms with Gasteiger partial charge in [-0.15, -0.1) is 0 Å². The smallest absolute Gasteiger partial charge is 0.340 e. The van der Waals surface area contributed by atoms with E-state index in [0.717, 1.165) is 11.3 Å². The van der Waals surface area contributed by atoms with Crippen molar-refractivity contribution in [3.8, 4) is 11.3 Å². The molecule has 0 aliphatic rings. The van der Waals surface area contributed by atoms with Gasteiger partial charge < -0.3 is 9.26 Å². The predicted octanol–water partition coefficient (Wildman–Crippen LogP) is 3.54. The molecule has 0 atom stereocenters. The Hall–Kier alpha value is -3.02. The van der Waals surface area contributed by atoms with Gasteiger partial charge in [0.2, 0.25) is 0 Å². The predicted molar refractivity (Wildman–Crippen MR) is 80.0 cm³/mol. The van der Waals surface area contributed by atoms with Crippen molar-refractivity contribution in [1.82, 2.24) is 10.1 Å². The number of nitrogens with zero attached hydrogens (tertiary/aromatic N) is 2. The van der Waals surface area contributed by atoms with Gasteiger partial charge in [0.25, 0.3) is 0 Å². The second-order valence-electron chi connectivity index (χ2n) is 4.95. The summed E-state index contributed by atoms with van der Waals surface area (Å²) in [6.45, 7) is 1.79. The molecule has 0 aliphatic carbocycles. The van der Waals surface area contributed by atoms with Gasteiger partial charge in [0.1, 0.15) is 11.5 Å². The highest BCUT2D eigenvalue weighted by atomic mass is 19.1. The summed E-state index contributed by atoms with van der Waals surface area (Å²) < 4.78 is 23.2. The van der Waals surface area contributed by atoms with E-state index in [1.807, 2.05) is 6.92 Å². The molecule has 3 rings (SSSR count). The molecule has 5 nitrogen and oxygen atoms in total. The molecule has 0 saturated carbocycles. The quantitative estimate of drug-likeness (QED) is 0.689. The number of halogens is 1. The third-order valence-electron chi connectivity index (χ3n) is 3.19. The molecule has 1 aromatic carbocycles. The minimum atomic E-state index is -0.489. The van der Waals surface area contributed by atoms with Crippen LogP contribution in [0.5, 0.6) is 0 Å². The maximum atomic E-state index is 12.9. The van der Waals surface area contributed by atoms with E-state index in [2.05, 4.69) is 10.1 Å². The van der Waals surface area contributed by atoms with Crippen LogP contribution in [-0.4, -0.2) is 16.1 Å². The molecule has 2 aromatic heterocycles. The van der Waals surface area contributed by atoms with Crippen LogP contribution in [0.3, 0.4) is 0 Å². The highest BCUT2D eigenvalue weighted by Crippen LogP contribution is 2.20. The molecule has 0 saturated heterocycles. The highest BCUT2D eigenvalue weighted by Gasteiger charge is 2.11. The van der Waals surface area contributed by atoms with Crippen LogP contribution in [0.4, 0.5) is 4.39 Å². The molecule has 6 heteroatoms. The standard InChI is InChI=1S/C17H13FN2O3/c1-11-2-3-13(9-19-11)17(21)22-10-15-8-16(20-23-15)12-4-6-14(18)7-5-12/h2-9H,10H2,1H3. The third-order valence-corrected chi connectivity index (χ3v) is 3.19. The third kappa shape index (κ3) is 3.60. The van der Waals surface area contributed by atoms with Crippen molar-refractivity contribution in [1.29, 1.82) is 0 Å². The molecule has 0 fully saturated rings. The van der Waals surface area contributed by atoms with Crippen molar-refractivity contribution < 1.29 is 18.4 Å². The average molecular weight is 312 g/mol. The van der Waals surface area contributed by atoms with Crippen molar-refractivity contribution in [2.45, 2.75) is 13.5 Å². The molecule has 0 N–H and O–H groups in total. The minimum absolute atomic E-state index is 0.0408. The number of benzene rings is 1. The van der Waals surface area contributed by atoms with Gasteiger partial charge in [-0.3, -0.25) is 4.98 Å². The summed E-state index contributed by atoms with van der Waals surface area (Å²) in [6, 6.07) is 10.9. The first kappa shape index (κ1) is 14.9. The first-order valence-corrected chi connectivity index (χ1v) is 6.93. The number of carbonyl (C=O) groups excluding carboxylic acids is 1. The van der Waals surface area contributed by atoms with Gasteiger partial charge in [0.05, 0.1) is 5.56 Å². The molecule has 0 spiro atoms. The molecule has 23 heavy (non-hydrogen) atoms. The van der Waals surface area contributed by atoms with Crippen LogP contribution < -0.4 is 0 Å². The Balaban J connectivity index is 1.64. The highest BCUT2D eigenvalue weighted by molar-refractivity contribution is 5.88. The summed E-state index contributed by atoms with van der Waals surface area (Å²) in [5.41, 5.74) is 2.46. The van der Waals surface area contributed by atoms with E-state index in [1.165, 1.54) is 18.3 Å². The minimum Gasteiger partial charge on any atom is -0.454 e. The van der Waals surface area contributed by atoms with Crippen LogP contribution in [0, 0.1) is 12.7 Å². The monoisotopic (exact) mass is 312 g/mol. The summed E-state index contributed by atoms with van der Waals surface area (Å²) in [7, 11) is 0. The molecule has 0 radical (unpaired) electrons. The zero-order valence-electron chi connectivity index (χ0n) is 12.3. The van der Waals surface area contributed by atoms with E-state index < -0.39 is 5.97 Å². The normalized spacial score (nSPS) is 10.5. The number of aryl methyl sites for hydroxylation is 1. The fraction of sp³-hybridized carbons (Fsp3) is 0.118. The molecule has 116 valence electrons. The number of hydrogen-bond donors (Lipinski definition) is 0. The number of hydrogen-bond acceptors (Lipinski definition) is 5. The number of pyridine rings is 1. The Kier molecular flexibility index (Phi) is 4.14. The van der Waals surface area contributed by atoms with Crippen molar-refractivity contribution >= 4 is 5.97 Å². The summed E-state index contributed by atoms with van der Waals surface area (Å²) in [6.07, 6.45) is 1.46. The van der Waals surface area contributed by atoms with Gasteiger partial charge in [0.15, 0.2) is 12.4 Å². The lowest BCUT2D eigenvalue weighted by Gasteiger charge is -2.02.